The Morgan fingerprint density at radius 1 is 0.950 bits per heavy atom. The molecule has 1 N–H and O–H groups in total. The van der Waals surface area contributed by atoms with Gasteiger partial charge in [0.05, 0.1) is 5.39 Å². The molecule has 100 valence electrons. The van der Waals surface area contributed by atoms with Crippen LogP contribution in [-0.2, 0) is 0 Å². The second kappa shape index (κ2) is 4.81. The monoisotopic (exact) mass is 265 g/mol. The van der Waals surface area contributed by atoms with Crippen LogP contribution in [0, 0.1) is 0 Å². The van der Waals surface area contributed by atoms with Gasteiger partial charge in [0.25, 0.3) is 5.56 Å². The second-order valence-corrected chi connectivity index (χ2v) is 4.86. The maximum Gasteiger partial charge on any atom is 0.272 e. The topological polar surface area (TPSA) is 49.0 Å². The molecule has 0 saturated carbocycles. The van der Waals surface area contributed by atoms with Crippen LogP contribution in [0.25, 0.3) is 22.0 Å². The van der Waals surface area contributed by atoms with E-state index in [4.69, 9.17) is 0 Å². The minimum atomic E-state index is -0.160. The Hall–Kier alpha value is -2.62. The second-order valence-electron chi connectivity index (χ2n) is 4.86. The highest BCUT2D eigenvalue weighted by Gasteiger charge is 2.12. The molecule has 1 aromatic heterocycles. The van der Waals surface area contributed by atoms with E-state index in [1.807, 2.05) is 67.5 Å². The number of hydrogen-bond acceptors (Lipinski definition) is 3. The summed E-state index contributed by atoms with van der Waals surface area (Å²) in [6.45, 7) is 0. The van der Waals surface area contributed by atoms with Gasteiger partial charge < -0.3 is 4.90 Å². The van der Waals surface area contributed by atoms with Gasteiger partial charge in [-0.25, -0.2) is 5.10 Å². The van der Waals surface area contributed by atoms with Crippen molar-refractivity contribution in [3.8, 4) is 11.3 Å². The summed E-state index contributed by atoms with van der Waals surface area (Å²) in [4.78, 5) is 13.9. The molecule has 3 rings (SSSR count). The molecule has 0 fully saturated rings. The number of hydrogen-bond donors (Lipinski definition) is 1. The predicted molar refractivity (Wildman–Crippen MR) is 82.1 cm³/mol. The molecule has 0 saturated heterocycles. The Morgan fingerprint density at radius 2 is 1.60 bits per heavy atom. The standard InChI is InChI=1S/C16H15N3O/c1-19(2)14-10-6-5-9-13(14)15-11-7-3-4-8-12(11)16(20)18-17-15/h3-10H,1-2H3,(H,18,20). The summed E-state index contributed by atoms with van der Waals surface area (Å²) in [5, 5.41) is 8.36. The normalized spacial score (nSPS) is 10.7. The van der Waals surface area contributed by atoms with Crippen LogP contribution >= 0.6 is 0 Å². The van der Waals surface area contributed by atoms with Crippen molar-refractivity contribution in [3.63, 3.8) is 0 Å². The van der Waals surface area contributed by atoms with Gasteiger partial charge in [-0.15, -0.1) is 0 Å². The fourth-order valence-electron chi connectivity index (χ4n) is 2.38. The van der Waals surface area contributed by atoms with E-state index in [9.17, 15) is 4.79 Å². The zero-order valence-corrected chi connectivity index (χ0v) is 11.4. The number of H-pyrrole nitrogens is 1. The molecular formula is C16H15N3O. The molecule has 0 radical (unpaired) electrons. The average molecular weight is 265 g/mol. The van der Waals surface area contributed by atoms with Crippen molar-refractivity contribution in [2.45, 2.75) is 0 Å². The van der Waals surface area contributed by atoms with Gasteiger partial charge in [-0.1, -0.05) is 36.4 Å². The summed E-state index contributed by atoms with van der Waals surface area (Å²) >= 11 is 0. The number of para-hydroxylation sites is 1. The summed E-state index contributed by atoms with van der Waals surface area (Å²) in [5.74, 6) is 0. The number of rotatable bonds is 2. The minimum Gasteiger partial charge on any atom is -0.377 e. The molecule has 0 aliphatic rings. The Bertz CT molecular complexity index is 821. The van der Waals surface area contributed by atoms with Crippen LogP contribution in [0.1, 0.15) is 0 Å². The average Bonchev–Trinajstić information content (AvgIpc) is 2.48. The van der Waals surface area contributed by atoms with Crippen LogP contribution < -0.4 is 10.5 Å². The van der Waals surface area contributed by atoms with Gasteiger partial charge in [-0.2, -0.15) is 5.10 Å². The van der Waals surface area contributed by atoms with Crippen LogP contribution in [0.3, 0.4) is 0 Å². The fourth-order valence-corrected chi connectivity index (χ4v) is 2.38. The first-order valence-corrected chi connectivity index (χ1v) is 6.42. The SMILES string of the molecule is CN(C)c1ccccc1-c1n[nH]c(=O)c2ccccc12. The molecular weight excluding hydrogens is 250 g/mol. The third-order valence-electron chi connectivity index (χ3n) is 3.34. The quantitative estimate of drug-likeness (QED) is 0.775. The molecule has 4 nitrogen and oxygen atoms in total. The van der Waals surface area contributed by atoms with Crippen molar-refractivity contribution >= 4 is 16.5 Å². The van der Waals surface area contributed by atoms with Gasteiger partial charge in [0.2, 0.25) is 0 Å². The molecule has 0 bridgehead atoms. The van der Waals surface area contributed by atoms with Crippen molar-refractivity contribution in [1.82, 2.24) is 10.2 Å². The Labute approximate surface area is 116 Å². The lowest BCUT2D eigenvalue weighted by Gasteiger charge is -2.17. The van der Waals surface area contributed by atoms with Crippen LogP contribution in [0.4, 0.5) is 5.69 Å². The van der Waals surface area contributed by atoms with Crippen molar-refractivity contribution in [1.29, 1.82) is 0 Å². The molecule has 0 unspecified atom stereocenters. The summed E-state index contributed by atoms with van der Waals surface area (Å²) in [5.41, 5.74) is 2.71. The molecule has 4 heteroatoms. The smallest absolute Gasteiger partial charge is 0.272 e. The Morgan fingerprint density at radius 3 is 2.35 bits per heavy atom. The van der Waals surface area contributed by atoms with E-state index in [1.54, 1.807) is 0 Å². The Kier molecular flexibility index (Phi) is 2.99. The van der Waals surface area contributed by atoms with Gasteiger partial charge in [0.1, 0.15) is 5.69 Å². The van der Waals surface area contributed by atoms with Crippen molar-refractivity contribution in [2.24, 2.45) is 0 Å². The summed E-state index contributed by atoms with van der Waals surface area (Å²) in [6.07, 6.45) is 0. The van der Waals surface area contributed by atoms with Crippen molar-refractivity contribution in [2.75, 3.05) is 19.0 Å². The highest BCUT2D eigenvalue weighted by molar-refractivity contribution is 5.96. The molecule has 0 atom stereocenters. The lowest BCUT2D eigenvalue weighted by molar-refractivity contribution is 1.01. The number of benzene rings is 2. The van der Waals surface area contributed by atoms with E-state index < -0.39 is 0 Å². The molecule has 20 heavy (non-hydrogen) atoms. The molecule has 3 aromatic rings. The summed E-state index contributed by atoms with van der Waals surface area (Å²) in [7, 11) is 3.99. The molecule has 0 aliphatic carbocycles. The van der Waals surface area contributed by atoms with E-state index >= 15 is 0 Å². The largest absolute Gasteiger partial charge is 0.377 e. The lowest BCUT2D eigenvalue weighted by atomic mass is 10.0. The third-order valence-corrected chi connectivity index (χ3v) is 3.34. The first kappa shape index (κ1) is 12.4. The number of aromatic nitrogens is 2. The van der Waals surface area contributed by atoms with Crippen molar-refractivity contribution in [3.05, 3.63) is 58.9 Å². The Balaban J connectivity index is 2.37. The zero-order chi connectivity index (χ0) is 14.1. The van der Waals surface area contributed by atoms with Gasteiger partial charge >= 0.3 is 0 Å². The van der Waals surface area contributed by atoms with E-state index in [1.165, 1.54) is 0 Å². The summed E-state index contributed by atoms with van der Waals surface area (Å²) in [6, 6.07) is 15.6. The lowest BCUT2D eigenvalue weighted by Crippen LogP contribution is -2.12. The molecule has 0 spiro atoms. The number of fused-ring (bicyclic) bond motifs is 1. The first-order valence-electron chi connectivity index (χ1n) is 6.42. The van der Waals surface area contributed by atoms with E-state index in [-0.39, 0.29) is 5.56 Å². The third kappa shape index (κ3) is 1.95. The highest BCUT2D eigenvalue weighted by atomic mass is 16.1. The van der Waals surface area contributed by atoms with Gasteiger partial charge in [-0.05, 0) is 12.1 Å². The van der Waals surface area contributed by atoms with Crippen molar-refractivity contribution < 1.29 is 0 Å². The number of nitrogens with one attached hydrogen (secondary N) is 1. The first-order chi connectivity index (χ1) is 9.68. The van der Waals surface area contributed by atoms with Crippen LogP contribution in [0.5, 0.6) is 0 Å². The van der Waals surface area contributed by atoms with Gasteiger partial charge in [-0.3, -0.25) is 4.79 Å². The fraction of sp³-hybridized carbons (Fsp3) is 0.125. The van der Waals surface area contributed by atoms with E-state index in [2.05, 4.69) is 10.2 Å². The maximum atomic E-state index is 11.9. The van der Waals surface area contributed by atoms with Crippen LogP contribution in [-0.4, -0.2) is 24.3 Å². The van der Waals surface area contributed by atoms with Crippen LogP contribution in [0.15, 0.2) is 53.3 Å². The predicted octanol–water partition coefficient (Wildman–Crippen LogP) is 2.66. The minimum absolute atomic E-state index is 0.160. The molecule has 1 heterocycles. The van der Waals surface area contributed by atoms with E-state index in [0.29, 0.717) is 5.39 Å². The van der Waals surface area contributed by atoms with Gasteiger partial charge in [0.15, 0.2) is 0 Å². The number of anilines is 1. The maximum absolute atomic E-state index is 11.9. The summed E-state index contributed by atoms with van der Waals surface area (Å²) < 4.78 is 0. The molecule has 0 aliphatic heterocycles. The highest BCUT2D eigenvalue weighted by Crippen LogP contribution is 2.31. The van der Waals surface area contributed by atoms with E-state index in [0.717, 1.165) is 22.3 Å². The van der Waals surface area contributed by atoms with Gasteiger partial charge in [0, 0.05) is 30.7 Å². The number of nitrogens with zero attached hydrogens (tertiary/aromatic N) is 2. The molecule has 0 amide bonds. The molecule has 2 aromatic carbocycles. The zero-order valence-electron chi connectivity index (χ0n) is 11.4. The number of aromatic amines is 1. The van der Waals surface area contributed by atoms with Crippen LogP contribution in [0.2, 0.25) is 0 Å².